The Balaban J connectivity index is 1.81. The molecule has 0 fully saturated rings. The van der Waals surface area contributed by atoms with Crippen molar-refractivity contribution in [1.82, 2.24) is 10.9 Å². The lowest BCUT2D eigenvalue weighted by Crippen LogP contribution is -2.43. The zero-order valence-electron chi connectivity index (χ0n) is 16.6. The molecule has 0 aliphatic heterocycles. The van der Waals surface area contributed by atoms with Gasteiger partial charge in [0.15, 0.2) is 6.61 Å². The molecule has 2 aromatic rings. The lowest BCUT2D eigenvalue weighted by molar-refractivity contribution is -0.123. The number of nitrogens with one attached hydrogen (secondary N) is 2. The molecule has 6 nitrogen and oxygen atoms in total. The number of carbonyl (C=O) groups is 2. The second-order valence-corrected chi connectivity index (χ2v) is 8.59. The van der Waals surface area contributed by atoms with Gasteiger partial charge in [-0.05, 0) is 77.2 Å². The van der Waals surface area contributed by atoms with Gasteiger partial charge in [0, 0.05) is 10.0 Å². The van der Waals surface area contributed by atoms with E-state index in [1.165, 1.54) is 0 Å². The Labute approximate surface area is 187 Å². The Morgan fingerprint density at radius 2 is 1.76 bits per heavy atom. The van der Waals surface area contributed by atoms with E-state index in [4.69, 9.17) is 9.47 Å². The minimum absolute atomic E-state index is 0.215. The number of hydrazine groups is 1. The van der Waals surface area contributed by atoms with Crippen LogP contribution in [0.4, 0.5) is 0 Å². The Morgan fingerprint density at radius 3 is 2.41 bits per heavy atom. The van der Waals surface area contributed by atoms with Crippen molar-refractivity contribution in [3.63, 3.8) is 0 Å². The van der Waals surface area contributed by atoms with Crippen LogP contribution in [0.15, 0.2) is 45.3 Å². The van der Waals surface area contributed by atoms with Gasteiger partial charge in [-0.2, -0.15) is 0 Å². The quantitative estimate of drug-likeness (QED) is 0.484. The molecule has 0 radical (unpaired) electrons. The number of ether oxygens (including phenoxy) is 2. The van der Waals surface area contributed by atoms with Crippen LogP contribution in [0, 0.1) is 12.8 Å². The normalized spacial score (nSPS) is 10.6. The third kappa shape index (κ3) is 7.70. The van der Waals surface area contributed by atoms with E-state index in [1.54, 1.807) is 24.3 Å². The maximum absolute atomic E-state index is 12.2. The first-order chi connectivity index (χ1) is 13.8. The fourth-order valence-electron chi connectivity index (χ4n) is 2.25. The summed E-state index contributed by atoms with van der Waals surface area (Å²) in [5, 5.41) is 0. The summed E-state index contributed by atoms with van der Waals surface area (Å²) in [5.41, 5.74) is 6.10. The summed E-state index contributed by atoms with van der Waals surface area (Å²) in [5.74, 6) is 0.895. The van der Waals surface area contributed by atoms with Crippen molar-refractivity contribution in [3.8, 4) is 11.5 Å². The first-order valence-electron chi connectivity index (χ1n) is 9.16. The summed E-state index contributed by atoms with van der Waals surface area (Å²) in [6.07, 6.45) is 0.947. The molecule has 0 saturated heterocycles. The first-order valence-corrected chi connectivity index (χ1v) is 10.8. The van der Waals surface area contributed by atoms with Crippen LogP contribution in [-0.2, 0) is 4.79 Å². The Bertz CT molecular complexity index is 872. The SMILES string of the molecule is Cc1cc(OCC(=O)NNC(=O)c2ccc(OCCC(C)C)c(Br)c2)ccc1Br. The lowest BCUT2D eigenvalue weighted by atomic mass is 10.1. The number of carbonyl (C=O) groups excluding carboxylic acids is 2. The van der Waals surface area contributed by atoms with E-state index in [2.05, 4.69) is 56.6 Å². The van der Waals surface area contributed by atoms with Crippen molar-refractivity contribution in [2.45, 2.75) is 27.2 Å². The monoisotopic (exact) mass is 526 g/mol. The topological polar surface area (TPSA) is 76.7 Å². The van der Waals surface area contributed by atoms with Crippen molar-refractivity contribution in [2.75, 3.05) is 13.2 Å². The van der Waals surface area contributed by atoms with Gasteiger partial charge < -0.3 is 9.47 Å². The second kappa shape index (κ2) is 11.2. The van der Waals surface area contributed by atoms with Crippen molar-refractivity contribution in [3.05, 3.63) is 56.5 Å². The highest BCUT2D eigenvalue weighted by Crippen LogP contribution is 2.26. The van der Waals surface area contributed by atoms with Crippen LogP contribution in [0.1, 0.15) is 36.2 Å². The summed E-state index contributed by atoms with van der Waals surface area (Å²) >= 11 is 6.81. The molecule has 29 heavy (non-hydrogen) atoms. The average molecular weight is 528 g/mol. The van der Waals surface area contributed by atoms with Gasteiger partial charge in [0.2, 0.25) is 0 Å². The zero-order chi connectivity index (χ0) is 21.4. The summed E-state index contributed by atoms with van der Waals surface area (Å²) in [6, 6.07) is 10.4. The van der Waals surface area contributed by atoms with Crippen LogP contribution in [-0.4, -0.2) is 25.0 Å². The van der Waals surface area contributed by atoms with Crippen LogP contribution in [0.3, 0.4) is 0 Å². The van der Waals surface area contributed by atoms with Crippen molar-refractivity contribution in [1.29, 1.82) is 0 Å². The standard InChI is InChI=1S/C21H24Br2N2O4/c1-13(2)8-9-28-19-7-4-15(11-18(19)23)21(27)25-24-20(26)12-29-16-5-6-17(22)14(3)10-16/h4-7,10-11,13H,8-9,12H2,1-3H3,(H,24,26)(H,25,27). The molecule has 2 aromatic carbocycles. The molecule has 2 rings (SSSR count). The number of amides is 2. The molecule has 0 aromatic heterocycles. The number of hydrogen-bond acceptors (Lipinski definition) is 4. The van der Waals surface area contributed by atoms with E-state index in [1.807, 2.05) is 19.1 Å². The predicted octanol–water partition coefficient (Wildman–Crippen LogP) is 4.78. The molecule has 0 aliphatic rings. The number of halogens is 2. The molecule has 0 atom stereocenters. The van der Waals surface area contributed by atoms with Crippen LogP contribution < -0.4 is 20.3 Å². The maximum atomic E-state index is 12.2. The molecule has 0 heterocycles. The number of aryl methyl sites for hydroxylation is 1. The van der Waals surface area contributed by atoms with Gasteiger partial charge in [0.1, 0.15) is 11.5 Å². The number of hydrogen-bond donors (Lipinski definition) is 2. The van der Waals surface area contributed by atoms with Crippen LogP contribution >= 0.6 is 31.9 Å². The number of rotatable bonds is 8. The highest BCUT2D eigenvalue weighted by molar-refractivity contribution is 9.10. The molecular formula is C21H24Br2N2O4. The molecule has 2 N–H and O–H groups in total. The minimum atomic E-state index is -0.466. The first kappa shape index (κ1) is 23.2. The van der Waals surface area contributed by atoms with Crippen molar-refractivity contribution >= 4 is 43.7 Å². The minimum Gasteiger partial charge on any atom is -0.492 e. The molecular weight excluding hydrogens is 504 g/mol. The molecule has 8 heteroatoms. The third-order valence-corrected chi connectivity index (χ3v) is 5.47. The van der Waals surface area contributed by atoms with Gasteiger partial charge >= 0.3 is 0 Å². The molecule has 2 amide bonds. The lowest BCUT2D eigenvalue weighted by Gasteiger charge is -2.12. The smallest absolute Gasteiger partial charge is 0.276 e. The van der Waals surface area contributed by atoms with Crippen LogP contribution in [0.5, 0.6) is 11.5 Å². The van der Waals surface area contributed by atoms with Crippen LogP contribution in [0.2, 0.25) is 0 Å². The van der Waals surface area contributed by atoms with Gasteiger partial charge in [-0.3, -0.25) is 20.4 Å². The second-order valence-electron chi connectivity index (χ2n) is 6.88. The summed E-state index contributed by atoms with van der Waals surface area (Å²) in [6.45, 7) is 6.58. The third-order valence-electron chi connectivity index (χ3n) is 3.96. The molecule has 0 unspecified atom stereocenters. The van der Waals surface area contributed by atoms with Gasteiger partial charge in [-0.15, -0.1) is 0 Å². The Hall–Kier alpha value is -2.06. The Morgan fingerprint density at radius 1 is 1.00 bits per heavy atom. The van der Waals surface area contributed by atoms with E-state index < -0.39 is 11.8 Å². The van der Waals surface area contributed by atoms with Crippen molar-refractivity contribution in [2.24, 2.45) is 5.92 Å². The van der Waals surface area contributed by atoms with Crippen molar-refractivity contribution < 1.29 is 19.1 Å². The fraction of sp³-hybridized carbons (Fsp3) is 0.333. The molecule has 0 aliphatic carbocycles. The largest absolute Gasteiger partial charge is 0.492 e. The van der Waals surface area contributed by atoms with E-state index >= 15 is 0 Å². The zero-order valence-corrected chi connectivity index (χ0v) is 19.7. The summed E-state index contributed by atoms with van der Waals surface area (Å²) in [7, 11) is 0. The van der Waals surface area contributed by atoms with Gasteiger partial charge in [-0.25, -0.2) is 0 Å². The fourth-order valence-corrected chi connectivity index (χ4v) is 2.99. The van der Waals surface area contributed by atoms with Gasteiger partial charge in [0.25, 0.3) is 11.8 Å². The molecule has 0 saturated carbocycles. The average Bonchev–Trinajstić information content (AvgIpc) is 2.68. The van der Waals surface area contributed by atoms with E-state index in [0.29, 0.717) is 34.1 Å². The molecule has 0 bridgehead atoms. The van der Waals surface area contributed by atoms with E-state index in [9.17, 15) is 9.59 Å². The van der Waals surface area contributed by atoms with Crippen LogP contribution in [0.25, 0.3) is 0 Å². The maximum Gasteiger partial charge on any atom is 0.276 e. The summed E-state index contributed by atoms with van der Waals surface area (Å²) in [4.78, 5) is 24.1. The van der Waals surface area contributed by atoms with E-state index in [-0.39, 0.29) is 6.61 Å². The van der Waals surface area contributed by atoms with E-state index in [0.717, 1.165) is 16.5 Å². The molecule has 156 valence electrons. The summed E-state index contributed by atoms with van der Waals surface area (Å²) < 4.78 is 12.8. The predicted molar refractivity (Wildman–Crippen MR) is 119 cm³/mol. The van der Waals surface area contributed by atoms with Gasteiger partial charge in [0.05, 0.1) is 11.1 Å². The molecule has 0 spiro atoms. The highest BCUT2D eigenvalue weighted by Gasteiger charge is 2.11. The Kier molecular flexibility index (Phi) is 8.98. The van der Waals surface area contributed by atoms with Gasteiger partial charge in [-0.1, -0.05) is 29.8 Å². The highest BCUT2D eigenvalue weighted by atomic mass is 79.9. The number of benzene rings is 2.